The minimum atomic E-state index is -1.76. The molecular formula is C19H17N3O7. The Hall–Kier alpha value is -3.66. The summed E-state index contributed by atoms with van der Waals surface area (Å²) in [5.74, 6) is -1.97. The molecule has 1 aromatic heterocycles. The average molecular weight is 399 g/mol. The predicted molar refractivity (Wildman–Crippen MR) is 96.7 cm³/mol. The number of carbonyl (C=O) groups is 3. The molecule has 3 N–H and O–H groups in total. The highest BCUT2D eigenvalue weighted by Crippen LogP contribution is 2.57. The number of methoxy groups -OCH3 is 2. The first-order valence-corrected chi connectivity index (χ1v) is 8.60. The van der Waals surface area contributed by atoms with Crippen LogP contribution in [0.4, 0.5) is 6.01 Å². The number of aromatic nitrogens is 1. The number of rotatable bonds is 4. The monoisotopic (exact) mass is 399 g/mol. The minimum Gasteiger partial charge on any atom is -0.469 e. The van der Waals surface area contributed by atoms with Gasteiger partial charge in [-0.1, -0.05) is 24.3 Å². The molecule has 1 atom stereocenters. The van der Waals surface area contributed by atoms with E-state index < -0.39 is 36.4 Å². The van der Waals surface area contributed by atoms with Crippen LogP contribution < -0.4 is 5.73 Å². The molecule has 1 aliphatic heterocycles. The van der Waals surface area contributed by atoms with Crippen LogP contribution in [-0.4, -0.2) is 53.8 Å². The fourth-order valence-electron chi connectivity index (χ4n) is 4.08. The number of oxazole rings is 1. The highest BCUT2D eigenvalue weighted by molar-refractivity contribution is 6.14. The van der Waals surface area contributed by atoms with E-state index in [9.17, 15) is 19.5 Å². The smallest absolute Gasteiger partial charge is 0.337 e. The van der Waals surface area contributed by atoms with Crippen LogP contribution in [0.1, 0.15) is 17.7 Å². The van der Waals surface area contributed by atoms with Crippen LogP contribution in [0.5, 0.6) is 0 Å². The zero-order valence-electron chi connectivity index (χ0n) is 15.6. The van der Waals surface area contributed by atoms with Crippen molar-refractivity contribution in [3.8, 4) is 11.3 Å². The fraction of sp³-hybridized carbons (Fsp3) is 0.263. The molecular weight excluding hydrogens is 382 g/mol. The number of ether oxygens (including phenoxy) is 2. The Morgan fingerprint density at radius 1 is 1.28 bits per heavy atom. The van der Waals surface area contributed by atoms with Crippen LogP contribution in [0.3, 0.4) is 0 Å². The van der Waals surface area contributed by atoms with Gasteiger partial charge < -0.3 is 24.7 Å². The number of nitrogens with two attached hydrogens (primary N) is 1. The number of amides is 1. The third-order valence-electron chi connectivity index (χ3n) is 5.20. The molecule has 0 saturated carbocycles. The normalized spacial score (nSPS) is 19.6. The number of aliphatic hydroxyl groups excluding tert-OH is 1. The molecule has 10 heteroatoms. The summed E-state index contributed by atoms with van der Waals surface area (Å²) in [5.41, 5.74) is 4.88. The maximum atomic E-state index is 13.6. The molecule has 1 amide bonds. The second-order valence-electron chi connectivity index (χ2n) is 6.47. The van der Waals surface area contributed by atoms with Gasteiger partial charge in [-0.15, -0.1) is 0 Å². The molecule has 0 bridgehead atoms. The van der Waals surface area contributed by atoms with Crippen molar-refractivity contribution < 1.29 is 33.4 Å². The largest absolute Gasteiger partial charge is 0.469 e. The summed E-state index contributed by atoms with van der Waals surface area (Å²) < 4.78 is 15.2. The lowest BCUT2D eigenvalue weighted by Gasteiger charge is -2.25. The fourth-order valence-corrected chi connectivity index (χ4v) is 4.08. The van der Waals surface area contributed by atoms with E-state index in [1.165, 1.54) is 7.11 Å². The van der Waals surface area contributed by atoms with E-state index in [0.717, 1.165) is 12.0 Å². The van der Waals surface area contributed by atoms with Crippen LogP contribution in [0, 0.1) is 0 Å². The van der Waals surface area contributed by atoms with Gasteiger partial charge in [0.05, 0.1) is 26.2 Å². The highest BCUT2D eigenvalue weighted by Gasteiger charge is 2.64. The van der Waals surface area contributed by atoms with Crippen molar-refractivity contribution in [3.05, 3.63) is 46.8 Å². The lowest BCUT2D eigenvalue weighted by Crippen LogP contribution is -2.42. The quantitative estimate of drug-likeness (QED) is 0.693. The summed E-state index contributed by atoms with van der Waals surface area (Å²) in [6.07, 6.45) is -0.431. The Morgan fingerprint density at radius 3 is 2.66 bits per heavy atom. The first-order chi connectivity index (χ1) is 13.9. The molecule has 1 aliphatic carbocycles. The van der Waals surface area contributed by atoms with Gasteiger partial charge in [0.2, 0.25) is 5.91 Å². The van der Waals surface area contributed by atoms with Crippen LogP contribution in [0.25, 0.3) is 11.3 Å². The number of nitrogens with zero attached hydrogens (tertiary/aromatic N) is 2. The third kappa shape index (κ3) is 2.26. The Labute approximate surface area is 164 Å². The van der Waals surface area contributed by atoms with Crippen LogP contribution in [0.2, 0.25) is 0 Å². The van der Waals surface area contributed by atoms with Gasteiger partial charge in [-0.2, -0.15) is 4.98 Å². The molecule has 0 fully saturated rings. The number of carbonyl (C=O) groups excluding carboxylic acids is 3. The van der Waals surface area contributed by atoms with Gasteiger partial charge in [0.25, 0.3) is 6.01 Å². The number of fused-ring (bicyclic) bond motifs is 5. The number of hydrogen-bond donors (Lipinski definition) is 2. The molecule has 1 aromatic carbocycles. The van der Waals surface area contributed by atoms with Gasteiger partial charge in [0.1, 0.15) is 12.4 Å². The highest BCUT2D eigenvalue weighted by atomic mass is 16.5. The molecule has 4 rings (SSSR count). The van der Waals surface area contributed by atoms with E-state index in [-0.39, 0.29) is 28.7 Å². The second-order valence-corrected chi connectivity index (χ2v) is 6.47. The van der Waals surface area contributed by atoms with Crippen molar-refractivity contribution in [1.29, 1.82) is 0 Å². The second kappa shape index (κ2) is 6.45. The maximum Gasteiger partial charge on any atom is 0.337 e. The van der Waals surface area contributed by atoms with Crippen LogP contribution in [-0.2, 0) is 29.3 Å². The molecule has 150 valence electrons. The SMILES string of the molecule is COC(=O)CC1=C(C(=O)OC)C2(C(=O)N1CO)c1ccccc1-c1oc(N)nc12. The molecule has 0 radical (unpaired) electrons. The first-order valence-electron chi connectivity index (χ1n) is 8.60. The van der Waals surface area contributed by atoms with Crippen LogP contribution in [0.15, 0.2) is 40.0 Å². The predicted octanol–water partition coefficient (Wildman–Crippen LogP) is 0.305. The van der Waals surface area contributed by atoms with Gasteiger partial charge >= 0.3 is 11.9 Å². The Morgan fingerprint density at radius 2 is 2.00 bits per heavy atom. The van der Waals surface area contributed by atoms with Crippen molar-refractivity contribution >= 4 is 23.9 Å². The minimum absolute atomic E-state index is 0.0274. The van der Waals surface area contributed by atoms with Crippen molar-refractivity contribution in [2.75, 3.05) is 26.7 Å². The Kier molecular flexibility index (Phi) is 4.16. The molecule has 0 saturated heterocycles. The Balaban J connectivity index is 2.11. The molecule has 29 heavy (non-hydrogen) atoms. The number of benzene rings is 1. The molecule has 2 aromatic rings. The Bertz CT molecular complexity index is 1090. The average Bonchev–Trinajstić information content (AvgIpc) is 3.31. The van der Waals surface area contributed by atoms with Gasteiger partial charge in [0.15, 0.2) is 11.2 Å². The van der Waals surface area contributed by atoms with E-state index in [4.69, 9.17) is 19.6 Å². The van der Waals surface area contributed by atoms with E-state index >= 15 is 0 Å². The first kappa shape index (κ1) is 18.7. The summed E-state index contributed by atoms with van der Waals surface area (Å²) in [5, 5.41) is 9.91. The maximum absolute atomic E-state index is 13.6. The molecule has 1 spiro atoms. The summed E-state index contributed by atoms with van der Waals surface area (Å²) in [6, 6.07) is 6.61. The van der Waals surface area contributed by atoms with E-state index in [1.54, 1.807) is 24.3 Å². The van der Waals surface area contributed by atoms with Gasteiger partial charge in [0, 0.05) is 11.3 Å². The number of nitrogen functional groups attached to an aromatic ring is 1. The topological polar surface area (TPSA) is 145 Å². The van der Waals surface area contributed by atoms with Crippen molar-refractivity contribution in [2.45, 2.75) is 11.8 Å². The summed E-state index contributed by atoms with van der Waals surface area (Å²) in [7, 11) is 2.33. The standard InChI is InChI=1S/C19H17N3O7/c1-27-12(24)7-11-13(16(25)28-2)19(17(26)22(11)8-23)10-6-4-3-5-9(10)14-15(19)21-18(20)29-14/h3-6,23H,7-8H2,1-2H3,(H2,20,21). The lowest BCUT2D eigenvalue weighted by molar-refractivity contribution is -0.141. The van der Waals surface area contributed by atoms with Crippen molar-refractivity contribution in [3.63, 3.8) is 0 Å². The molecule has 10 nitrogen and oxygen atoms in total. The van der Waals surface area contributed by atoms with Gasteiger partial charge in [-0.3, -0.25) is 14.5 Å². The van der Waals surface area contributed by atoms with Gasteiger partial charge in [-0.25, -0.2) is 4.79 Å². The number of hydrogen-bond acceptors (Lipinski definition) is 9. The molecule has 2 heterocycles. The number of aliphatic hydroxyl groups is 1. The van der Waals surface area contributed by atoms with Crippen molar-refractivity contribution in [1.82, 2.24) is 9.88 Å². The van der Waals surface area contributed by atoms with Crippen LogP contribution >= 0.6 is 0 Å². The zero-order chi connectivity index (χ0) is 20.9. The van der Waals surface area contributed by atoms with E-state index in [0.29, 0.717) is 11.1 Å². The zero-order valence-corrected chi connectivity index (χ0v) is 15.6. The third-order valence-corrected chi connectivity index (χ3v) is 5.20. The summed E-state index contributed by atoms with van der Waals surface area (Å²) in [6.45, 7) is -0.766. The molecule has 2 aliphatic rings. The lowest BCUT2D eigenvalue weighted by atomic mass is 9.74. The summed E-state index contributed by atoms with van der Waals surface area (Å²) in [4.78, 5) is 43.7. The van der Waals surface area contributed by atoms with E-state index in [1.807, 2.05) is 0 Å². The van der Waals surface area contributed by atoms with E-state index in [2.05, 4.69) is 4.98 Å². The van der Waals surface area contributed by atoms with Gasteiger partial charge in [-0.05, 0) is 5.56 Å². The number of esters is 2. The summed E-state index contributed by atoms with van der Waals surface area (Å²) >= 11 is 0. The van der Waals surface area contributed by atoms with Crippen molar-refractivity contribution in [2.24, 2.45) is 0 Å². The molecule has 1 unspecified atom stereocenters. The number of anilines is 1.